The second kappa shape index (κ2) is 4.24. The van der Waals surface area contributed by atoms with E-state index in [2.05, 4.69) is 39.7 Å². The first-order chi connectivity index (χ1) is 9.13. The summed E-state index contributed by atoms with van der Waals surface area (Å²) in [6.45, 7) is 4.56. The van der Waals surface area contributed by atoms with Crippen LogP contribution in [0, 0.1) is 13.8 Å². The third-order valence-electron chi connectivity index (χ3n) is 3.71. The molecule has 1 aromatic carbocycles. The summed E-state index contributed by atoms with van der Waals surface area (Å²) in [5.41, 5.74) is 11.4. The maximum absolute atomic E-state index is 5.85. The normalized spacial score (nSPS) is 11.4. The van der Waals surface area contributed by atoms with Crippen molar-refractivity contribution in [2.24, 2.45) is 12.8 Å². The Bertz CT molecular complexity index is 749. The molecule has 0 aliphatic rings. The molecule has 4 nitrogen and oxygen atoms in total. The molecule has 0 radical (unpaired) electrons. The number of H-pyrrole nitrogens is 1. The molecule has 4 heteroatoms. The smallest absolute Gasteiger partial charge is 0.106 e. The molecule has 2 heterocycles. The molecule has 3 aromatic rings. The number of nitrogens with two attached hydrogens (primary N) is 1. The van der Waals surface area contributed by atoms with Crippen molar-refractivity contribution in [1.29, 1.82) is 0 Å². The van der Waals surface area contributed by atoms with E-state index in [4.69, 9.17) is 5.73 Å². The second-order valence-corrected chi connectivity index (χ2v) is 4.89. The van der Waals surface area contributed by atoms with Crippen LogP contribution in [0.2, 0.25) is 0 Å². The molecule has 0 saturated heterocycles. The SMILES string of the molecule is Cc1[nH]c2ccccc2c1-c1c(CN)nc(C)n1C. The minimum atomic E-state index is 0.454. The fourth-order valence-corrected chi connectivity index (χ4v) is 2.71. The van der Waals surface area contributed by atoms with Crippen molar-refractivity contribution in [2.75, 3.05) is 0 Å². The zero-order chi connectivity index (χ0) is 13.6. The van der Waals surface area contributed by atoms with Crippen molar-refractivity contribution >= 4 is 10.9 Å². The van der Waals surface area contributed by atoms with Crippen molar-refractivity contribution in [3.8, 4) is 11.3 Å². The van der Waals surface area contributed by atoms with Crippen molar-refractivity contribution < 1.29 is 0 Å². The molecule has 0 unspecified atom stereocenters. The zero-order valence-corrected chi connectivity index (χ0v) is 11.5. The lowest BCUT2D eigenvalue weighted by molar-refractivity contribution is 0.865. The molecule has 98 valence electrons. The van der Waals surface area contributed by atoms with Crippen LogP contribution in [0.4, 0.5) is 0 Å². The van der Waals surface area contributed by atoms with Gasteiger partial charge in [0.05, 0.1) is 11.4 Å². The van der Waals surface area contributed by atoms with Crippen LogP contribution < -0.4 is 5.73 Å². The van der Waals surface area contributed by atoms with Gasteiger partial charge in [-0.25, -0.2) is 4.98 Å². The number of aromatic amines is 1. The summed E-state index contributed by atoms with van der Waals surface area (Å²) in [5, 5.41) is 1.22. The summed E-state index contributed by atoms with van der Waals surface area (Å²) in [7, 11) is 2.04. The molecule has 0 saturated carbocycles. The minimum Gasteiger partial charge on any atom is -0.358 e. The fraction of sp³-hybridized carbons (Fsp3) is 0.267. The molecule has 3 N–H and O–H groups in total. The van der Waals surface area contributed by atoms with Crippen LogP contribution in [0.25, 0.3) is 22.2 Å². The number of fused-ring (bicyclic) bond motifs is 1. The predicted molar refractivity (Wildman–Crippen MR) is 77.9 cm³/mol. The lowest BCUT2D eigenvalue weighted by Crippen LogP contribution is -2.01. The number of hydrogen-bond acceptors (Lipinski definition) is 2. The van der Waals surface area contributed by atoms with Gasteiger partial charge in [0.1, 0.15) is 5.82 Å². The van der Waals surface area contributed by atoms with Gasteiger partial charge in [-0.05, 0) is 19.9 Å². The number of nitrogens with one attached hydrogen (secondary N) is 1. The highest BCUT2D eigenvalue weighted by Crippen LogP contribution is 2.34. The van der Waals surface area contributed by atoms with Gasteiger partial charge in [0.15, 0.2) is 0 Å². The van der Waals surface area contributed by atoms with Gasteiger partial charge in [0, 0.05) is 35.8 Å². The van der Waals surface area contributed by atoms with E-state index in [1.807, 2.05) is 20.0 Å². The number of para-hydroxylation sites is 1. The predicted octanol–water partition coefficient (Wildman–Crippen LogP) is 2.64. The van der Waals surface area contributed by atoms with Crippen LogP contribution in [-0.2, 0) is 13.6 Å². The van der Waals surface area contributed by atoms with Crippen LogP contribution in [0.3, 0.4) is 0 Å². The van der Waals surface area contributed by atoms with E-state index in [1.54, 1.807) is 0 Å². The summed E-state index contributed by atoms with van der Waals surface area (Å²) >= 11 is 0. The van der Waals surface area contributed by atoms with Gasteiger partial charge in [0.25, 0.3) is 0 Å². The van der Waals surface area contributed by atoms with Crippen LogP contribution in [0.5, 0.6) is 0 Å². The molecule has 0 spiro atoms. The van der Waals surface area contributed by atoms with E-state index < -0.39 is 0 Å². The molecule has 2 aromatic heterocycles. The number of aromatic nitrogens is 3. The molecular formula is C15H18N4. The van der Waals surface area contributed by atoms with E-state index in [0.29, 0.717) is 6.54 Å². The number of benzene rings is 1. The summed E-state index contributed by atoms with van der Waals surface area (Å²) in [5.74, 6) is 0.986. The van der Waals surface area contributed by atoms with Crippen molar-refractivity contribution in [3.63, 3.8) is 0 Å². The first kappa shape index (κ1) is 12.0. The summed E-state index contributed by atoms with van der Waals surface area (Å²) in [6, 6.07) is 8.33. The lowest BCUT2D eigenvalue weighted by Gasteiger charge is -2.06. The average Bonchev–Trinajstić information content (AvgIpc) is 2.87. The average molecular weight is 254 g/mol. The van der Waals surface area contributed by atoms with Gasteiger partial charge in [-0.15, -0.1) is 0 Å². The Balaban J connectivity index is 2.39. The number of hydrogen-bond donors (Lipinski definition) is 2. The molecule has 0 amide bonds. The minimum absolute atomic E-state index is 0.454. The Labute approximate surface area is 112 Å². The Morgan fingerprint density at radius 2 is 2.00 bits per heavy atom. The Morgan fingerprint density at radius 1 is 1.26 bits per heavy atom. The quantitative estimate of drug-likeness (QED) is 0.738. The number of aryl methyl sites for hydroxylation is 2. The highest BCUT2D eigenvalue weighted by molar-refractivity contribution is 5.97. The molecule has 19 heavy (non-hydrogen) atoms. The van der Waals surface area contributed by atoms with Gasteiger partial charge in [0.2, 0.25) is 0 Å². The van der Waals surface area contributed by atoms with E-state index in [0.717, 1.165) is 28.4 Å². The van der Waals surface area contributed by atoms with Gasteiger partial charge < -0.3 is 15.3 Å². The monoisotopic (exact) mass is 254 g/mol. The number of rotatable bonds is 2. The lowest BCUT2D eigenvalue weighted by atomic mass is 10.1. The van der Waals surface area contributed by atoms with Crippen molar-refractivity contribution in [2.45, 2.75) is 20.4 Å². The van der Waals surface area contributed by atoms with Crippen LogP contribution >= 0.6 is 0 Å². The van der Waals surface area contributed by atoms with E-state index >= 15 is 0 Å². The summed E-state index contributed by atoms with van der Waals surface area (Å²) < 4.78 is 2.12. The molecule has 3 rings (SSSR count). The highest BCUT2D eigenvalue weighted by Gasteiger charge is 2.18. The molecule has 0 aliphatic carbocycles. The zero-order valence-electron chi connectivity index (χ0n) is 11.5. The standard InChI is InChI=1S/C15H18N4/c1-9-14(11-6-4-5-7-12(11)17-9)15-13(8-16)18-10(2)19(15)3/h4-7,17H,8,16H2,1-3H3. The number of nitrogens with zero attached hydrogens (tertiary/aromatic N) is 2. The van der Waals surface area contributed by atoms with Crippen LogP contribution in [-0.4, -0.2) is 14.5 Å². The Kier molecular flexibility index (Phi) is 2.68. The number of imidazole rings is 1. The van der Waals surface area contributed by atoms with Crippen molar-refractivity contribution in [1.82, 2.24) is 14.5 Å². The Morgan fingerprint density at radius 3 is 2.74 bits per heavy atom. The van der Waals surface area contributed by atoms with E-state index in [-0.39, 0.29) is 0 Å². The molecule has 0 aliphatic heterocycles. The molecule has 0 bridgehead atoms. The summed E-state index contributed by atoms with van der Waals surface area (Å²) in [4.78, 5) is 7.99. The maximum atomic E-state index is 5.85. The molecular weight excluding hydrogens is 236 g/mol. The first-order valence-electron chi connectivity index (χ1n) is 6.43. The Hall–Kier alpha value is -2.07. The van der Waals surface area contributed by atoms with Gasteiger partial charge in [-0.3, -0.25) is 0 Å². The van der Waals surface area contributed by atoms with Gasteiger partial charge >= 0.3 is 0 Å². The van der Waals surface area contributed by atoms with Gasteiger partial charge in [-0.1, -0.05) is 18.2 Å². The third kappa shape index (κ3) is 1.68. The van der Waals surface area contributed by atoms with Gasteiger partial charge in [-0.2, -0.15) is 0 Å². The van der Waals surface area contributed by atoms with Crippen molar-refractivity contribution in [3.05, 3.63) is 41.5 Å². The highest BCUT2D eigenvalue weighted by atomic mass is 15.1. The van der Waals surface area contributed by atoms with Crippen LogP contribution in [0.1, 0.15) is 17.2 Å². The first-order valence-corrected chi connectivity index (χ1v) is 6.43. The third-order valence-corrected chi connectivity index (χ3v) is 3.71. The second-order valence-electron chi connectivity index (χ2n) is 4.89. The fourth-order valence-electron chi connectivity index (χ4n) is 2.71. The topological polar surface area (TPSA) is 59.6 Å². The summed E-state index contributed by atoms with van der Waals surface area (Å²) in [6.07, 6.45) is 0. The van der Waals surface area contributed by atoms with Crippen LogP contribution in [0.15, 0.2) is 24.3 Å². The van der Waals surface area contributed by atoms with E-state index in [9.17, 15) is 0 Å². The van der Waals surface area contributed by atoms with E-state index in [1.165, 1.54) is 10.9 Å². The molecule has 0 fully saturated rings. The largest absolute Gasteiger partial charge is 0.358 e. The molecule has 0 atom stereocenters. The maximum Gasteiger partial charge on any atom is 0.106 e.